The zero-order valence-electron chi connectivity index (χ0n) is 14.7. The Morgan fingerprint density at radius 2 is 1.58 bits per heavy atom. The van der Waals surface area contributed by atoms with Crippen LogP contribution in [-0.4, -0.2) is 36.1 Å². The molecule has 0 unspecified atom stereocenters. The Morgan fingerprint density at radius 1 is 0.962 bits per heavy atom. The van der Waals surface area contributed by atoms with Gasteiger partial charge in [0.2, 0.25) is 5.88 Å². The molecule has 2 heterocycles. The van der Waals surface area contributed by atoms with E-state index in [1.807, 2.05) is 13.8 Å². The van der Waals surface area contributed by atoms with E-state index in [9.17, 15) is 9.59 Å². The molecule has 8 heteroatoms. The Morgan fingerprint density at radius 3 is 2.15 bits per heavy atom. The van der Waals surface area contributed by atoms with E-state index in [2.05, 4.69) is 9.97 Å². The Bertz CT molecular complexity index is 978. The van der Waals surface area contributed by atoms with Gasteiger partial charge in [-0.2, -0.15) is 0 Å². The summed E-state index contributed by atoms with van der Waals surface area (Å²) in [6.07, 6.45) is 1.42. The van der Waals surface area contributed by atoms with E-state index in [1.165, 1.54) is 38.7 Å². The van der Waals surface area contributed by atoms with Crippen molar-refractivity contribution < 1.29 is 23.8 Å². The molecule has 2 aromatic heterocycles. The average molecular weight is 372 g/mol. The van der Waals surface area contributed by atoms with Crippen LogP contribution in [0.1, 0.15) is 31.2 Å². The maximum absolute atomic E-state index is 11.9. The van der Waals surface area contributed by atoms with Gasteiger partial charge in [-0.1, -0.05) is 0 Å². The maximum Gasteiger partial charge on any atom is 0.338 e. The van der Waals surface area contributed by atoms with E-state index in [4.69, 9.17) is 14.2 Å². The smallest absolute Gasteiger partial charge is 0.338 e. The van der Waals surface area contributed by atoms with Gasteiger partial charge in [0.1, 0.15) is 16.9 Å². The first-order valence-electron chi connectivity index (χ1n) is 7.65. The summed E-state index contributed by atoms with van der Waals surface area (Å²) < 4.78 is 15.4. The fourth-order valence-corrected chi connectivity index (χ4v) is 3.46. The number of fused-ring (bicyclic) bond motifs is 1. The van der Waals surface area contributed by atoms with E-state index in [0.29, 0.717) is 5.88 Å². The quantitative estimate of drug-likeness (QED) is 0.646. The number of ether oxygens (including phenoxy) is 3. The number of aromatic nitrogens is 2. The number of esters is 2. The second-order valence-corrected chi connectivity index (χ2v) is 6.68. The van der Waals surface area contributed by atoms with Gasteiger partial charge in [-0.15, -0.1) is 11.3 Å². The first-order chi connectivity index (χ1) is 12.4. The van der Waals surface area contributed by atoms with Crippen molar-refractivity contribution in [2.24, 2.45) is 0 Å². The van der Waals surface area contributed by atoms with Crippen LogP contribution in [0.25, 0.3) is 10.2 Å². The van der Waals surface area contributed by atoms with Crippen LogP contribution < -0.4 is 4.74 Å². The van der Waals surface area contributed by atoms with Crippen molar-refractivity contribution in [3.05, 3.63) is 46.1 Å². The number of nitrogens with zero attached hydrogens (tertiary/aromatic N) is 2. The standard InChI is InChI=1S/C18H16N2O5S/c1-9-10(2)26-16-14(9)15(19-8-20-16)25-13-6-11(17(21)23-3)5-12(7-13)18(22)24-4/h5-8H,1-4H3. The molecule has 0 atom stereocenters. The first kappa shape index (κ1) is 17.8. The van der Waals surface area contributed by atoms with Gasteiger partial charge in [0, 0.05) is 4.88 Å². The largest absolute Gasteiger partial charge is 0.465 e. The first-order valence-corrected chi connectivity index (χ1v) is 8.46. The van der Waals surface area contributed by atoms with Crippen LogP contribution in [0, 0.1) is 13.8 Å². The van der Waals surface area contributed by atoms with Gasteiger partial charge in [-0.05, 0) is 37.6 Å². The zero-order valence-corrected chi connectivity index (χ0v) is 15.5. The summed E-state index contributed by atoms with van der Waals surface area (Å²) in [5.41, 5.74) is 1.38. The predicted molar refractivity (Wildman–Crippen MR) is 96.1 cm³/mol. The zero-order chi connectivity index (χ0) is 18.8. The van der Waals surface area contributed by atoms with Gasteiger partial charge in [0.05, 0.1) is 30.7 Å². The molecule has 3 aromatic rings. The fourth-order valence-electron chi connectivity index (χ4n) is 2.47. The van der Waals surface area contributed by atoms with Crippen LogP contribution in [0.4, 0.5) is 0 Å². The summed E-state index contributed by atoms with van der Waals surface area (Å²) in [7, 11) is 2.53. The van der Waals surface area contributed by atoms with Crippen molar-refractivity contribution in [3.8, 4) is 11.6 Å². The molecule has 0 amide bonds. The molecule has 26 heavy (non-hydrogen) atoms. The van der Waals surface area contributed by atoms with Crippen molar-refractivity contribution >= 4 is 33.5 Å². The highest BCUT2D eigenvalue weighted by Crippen LogP contribution is 2.36. The Hall–Kier alpha value is -3.00. The highest BCUT2D eigenvalue weighted by molar-refractivity contribution is 7.18. The van der Waals surface area contributed by atoms with Crippen LogP contribution in [-0.2, 0) is 9.47 Å². The summed E-state index contributed by atoms with van der Waals surface area (Å²) >= 11 is 1.55. The average Bonchev–Trinajstić information content (AvgIpc) is 2.95. The van der Waals surface area contributed by atoms with Crippen LogP contribution in [0.5, 0.6) is 11.6 Å². The SMILES string of the molecule is COC(=O)c1cc(Oc2ncnc3sc(C)c(C)c23)cc(C(=O)OC)c1. The highest BCUT2D eigenvalue weighted by atomic mass is 32.1. The fraction of sp³-hybridized carbons (Fsp3) is 0.222. The molecular weight excluding hydrogens is 356 g/mol. The molecule has 0 aliphatic carbocycles. The van der Waals surface area contributed by atoms with Gasteiger partial charge in [0.25, 0.3) is 0 Å². The third kappa shape index (κ3) is 3.23. The molecule has 0 fully saturated rings. The summed E-state index contributed by atoms with van der Waals surface area (Å²) in [4.78, 5) is 34.2. The van der Waals surface area contributed by atoms with Gasteiger partial charge in [0.15, 0.2) is 0 Å². The number of aryl methyl sites for hydroxylation is 2. The van der Waals surface area contributed by atoms with Crippen LogP contribution in [0.2, 0.25) is 0 Å². The Balaban J connectivity index is 2.10. The van der Waals surface area contributed by atoms with Crippen LogP contribution in [0.15, 0.2) is 24.5 Å². The minimum atomic E-state index is -0.587. The molecule has 0 N–H and O–H groups in total. The molecular formula is C18H16N2O5S. The van der Waals surface area contributed by atoms with Gasteiger partial charge >= 0.3 is 11.9 Å². The number of hydrogen-bond donors (Lipinski definition) is 0. The van der Waals surface area contributed by atoms with E-state index in [1.54, 1.807) is 11.3 Å². The van der Waals surface area contributed by atoms with Gasteiger partial charge in [-0.3, -0.25) is 0 Å². The minimum Gasteiger partial charge on any atom is -0.465 e. The molecule has 0 saturated heterocycles. The molecule has 0 aliphatic rings. The highest BCUT2D eigenvalue weighted by Gasteiger charge is 2.17. The van der Waals surface area contributed by atoms with Crippen molar-refractivity contribution in [1.82, 2.24) is 9.97 Å². The molecule has 1 aromatic carbocycles. The van der Waals surface area contributed by atoms with Crippen LogP contribution >= 0.6 is 11.3 Å². The third-order valence-electron chi connectivity index (χ3n) is 3.89. The number of methoxy groups -OCH3 is 2. The lowest BCUT2D eigenvalue weighted by Gasteiger charge is -2.10. The van der Waals surface area contributed by atoms with Crippen LogP contribution in [0.3, 0.4) is 0 Å². The normalized spacial score (nSPS) is 10.6. The van der Waals surface area contributed by atoms with E-state index in [-0.39, 0.29) is 16.9 Å². The lowest BCUT2D eigenvalue weighted by Crippen LogP contribution is -2.07. The number of carbonyl (C=O) groups excluding carboxylic acids is 2. The summed E-state index contributed by atoms with van der Waals surface area (Å²) in [6, 6.07) is 4.36. The summed E-state index contributed by atoms with van der Waals surface area (Å²) in [5.74, 6) is -0.543. The lowest BCUT2D eigenvalue weighted by atomic mass is 10.1. The molecule has 7 nitrogen and oxygen atoms in total. The van der Waals surface area contributed by atoms with Gasteiger partial charge < -0.3 is 14.2 Å². The molecule has 0 radical (unpaired) electrons. The maximum atomic E-state index is 11.9. The number of rotatable bonds is 4. The molecule has 0 saturated carbocycles. The molecule has 0 aliphatic heterocycles. The Labute approximate surface area is 153 Å². The third-order valence-corrected chi connectivity index (χ3v) is 5.01. The monoisotopic (exact) mass is 372 g/mol. The van der Waals surface area contributed by atoms with E-state index >= 15 is 0 Å². The van der Waals surface area contributed by atoms with E-state index < -0.39 is 11.9 Å². The minimum absolute atomic E-state index is 0.175. The number of benzene rings is 1. The molecule has 134 valence electrons. The van der Waals surface area contributed by atoms with E-state index in [0.717, 1.165) is 20.7 Å². The Kier molecular flexibility index (Phi) is 4.85. The number of hydrogen-bond acceptors (Lipinski definition) is 8. The number of thiophene rings is 1. The van der Waals surface area contributed by atoms with Crippen molar-refractivity contribution in [3.63, 3.8) is 0 Å². The summed E-state index contributed by atoms with van der Waals surface area (Å²) in [6.45, 7) is 3.97. The summed E-state index contributed by atoms with van der Waals surface area (Å²) in [5, 5.41) is 0.804. The second-order valence-electron chi connectivity index (χ2n) is 5.47. The molecule has 3 rings (SSSR count). The van der Waals surface area contributed by atoms with Gasteiger partial charge in [-0.25, -0.2) is 19.6 Å². The van der Waals surface area contributed by atoms with Crippen molar-refractivity contribution in [2.45, 2.75) is 13.8 Å². The molecule has 0 spiro atoms. The second kappa shape index (κ2) is 7.09. The number of carbonyl (C=O) groups is 2. The topological polar surface area (TPSA) is 87.6 Å². The van der Waals surface area contributed by atoms with Crippen molar-refractivity contribution in [1.29, 1.82) is 0 Å². The lowest BCUT2D eigenvalue weighted by molar-refractivity contribution is 0.0598. The predicted octanol–water partition coefficient (Wildman–Crippen LogP) is 3.67. The molecule has 0 bridgehead atoms. The van der Waals surface area contributed by atoms with Crippen molar-refractivity contribution in [2.75, 3.05) is 14.2 Å².